The molecule has 0 amide bonds. The molecule has 1 saturated carbocycles. The molecule has 3 nitrogen and oxygen atoms in total. The molecule has 16 heavy (non-hydrogen) atoms. The van der Waals surface area contributed by atoms with Crippen molar-refractivity contribution in [3.63, 3.8) is 0 Å². The number of imidazole rings is 1. The monoisotopic (exact) mass is 220 g/mol. The Morgan fingerprint density at radius 3 is 2.81 bits per heavy atom. The number of rotatable bonds is 3. The van der Waals surface area contributed by atoms with Crippen LogP contribution in [0.15, 0.2) is 12.4 Å². The third-order valence-electron chi connectivity index (χ3n) is 3.92. The Hall–Kier alpha value is -0.830. The standard InChI is InChI=1S/C13H20N2O/c1-13(9-16-10-13)8-15-7-6-14-12(15)11-4-2-3-5-11/h6-7,11H,2-5,8-10H2,1H3. The van der Waals surface area contributed by atoms with Gasteiger partial charge in [0.05, 0.1) is 13.2 Å². The first-order chi connectivity index (χ1) is 7.77. The van der Waals surface area contributed by atoms with E-state index in [0.717, 1.165) is 19.8 Å². The fraction of sp³-hybridized carbons (Fsp3) is 0.769. The quantitative estimate of drug-likeness (QED) is 0.783. The van der Waals surface area contributed by atoms with E-state index in [0.29, 0.717) is 11.3 Å². The number of hydrogen-bond acceptors (Lipinski definition) is 2. The van der Waals surface area contributed by atoms with Crippen LogP contribution in [0, 0.1) is 5.41 Å². The van der Waals surface area contributed by atoms with Gasteiger partial charge in [-0.2, -0.15) is 0 Å². The van der Waals surface area contributed by atoms with Crippen molar-refractivity contribution in [1.82, 2.24) is 9.55 Å². The van der Waals surface area contributed by atoms with Crippen LogP contribution in [-0.2, 0) is 11.3 Å². The Kier molecular flexibility index (Phi) is 2.51. The summed E-state index contributed by atoms with van der Waals surface area (Å²) in [5, 5.41) is 0. The molecular weight excluding hydrogens is 200 g/mol. The van der Waals surface area contributed by atoms with Crippen LogP contribution in [0.2, 0.25) is 0 Å². The second-order valence-corrected chi connectivity index (χ2v) is 5.70. The molecule has 0 atom stereocenters. The molecule has 1 aliphatic heterocycles. The van der Waals surface area contributed by atoms with E-state index in [1.54, 1.807) is 0 Å². The zero-order valence-corrected chi connectivity index (χ0v) is 9.98. The molecule has 1 saturated heterocycles. The van der Waals surface area contributed by atoms with E-state index in [-0.39, 0.29) is 0 Å². The van der Waals surface area contributed by atoms with Gasteiger partial charge in [-0.3, -0.25) is 0 Å². The Morgan fingerprint density at radius 2 is 2.19 bits per heavy atom. The van der Waals surface area contributed by atoms with Gasteiger partial charge in [0, 0.05) is 30.3 Å². The van der Waals surface area contributed by atoms with E-state index in [4.69, 9.17) is 4.74 Å². The predicted molar refractivity (Wildman–Crippen MR) is 62.4 cm³/mol. The average molecular weight is 220 g/mol. The summed E-state index contributed by atoms with van der Waals surface area (Å²) in [5.41, 5.74) is 0.341. The maximum Gasteiger partial charge on any atom is 0.111 e. The highest BCUT2D eigenvalue weighted by molar-refractivity contribution is 5.03. The zero-order chi connectivity index (χ0) is 11.0. The van der Waals surface area contributed by atoms with E-state index in [1.165, 1.54) is 31.5 Å². The second kappa shape index (κ2) is 3.88. The Labute approximate surface area is 96.8 Å². The first kappa shape index (κ1) is 10.3. The van der Waals surface area contributed by atoms with E-state index in [2.05, 4.69) is 22.7 Å². The van der Waals surface area contributed by atoms with Gasteiger partial charge in [0.1, 0.15) is 5.82 Å². The van der Waals surface area contributed by atoms with Crippen LogP contribution in [0.3, 0.4) is 0 Å². The summed E-state index contributed by atoms with van der Waals surface area (Å²) in [6.07, 6.45) is 9.48. The normalized spacial score (nSPS) is 24.6. The van der Waals surface area contributed by atoms with Crippen molar-refractivity contribution in [3.05, 3.63) is 18.2 Å². The third-order valence-corrected chi connectivity index (χ3v) is 3.92. The fourth-order valence-corrected chi connectivity index (χ4v) is 2.95. The lowest BCUT2D eigenvalue weighted by Gasteiger charge is -2.38. The fourth-order valence-electron chi connectivity index (χ4n) is 2.95. The summed E-state index contributed by atoms with van der Waals surface area (Å²) < 4.78 is 7.68. The molecule has 0 bridgehead atoms. The van der Waals surface area contributed by atoms with Crippen LogP contribution in [0.4, 0.5) is 0 Å². The van der Waals surface area contributed by atoms with Crippen LogP contribution in [0.1, 0.15) is 44.3 Å². The Balaban J connectivity index is 1.76. The molecule has 0 aromatic carbocycles. The molecule has 0 N–H and O–H groups in total. The van der Waals surface area contributed by atoms with Crippen molar-refractivity contribution in [2.24, 2.45) is 5.41 Å². The van der Waals surface area contributed by atoms with E-state index in [9.17, 15) is 0 Å². The molecule has 3 heteroatoms. The van der Waals surface area contributed by atoms with Crippen molar-refractivity contribution in [1.29, 1.82) is 0 Å². The van der Waals surface area contributed by atoms with E-state index < -0.39 is 0 Å². The molecule has 3 rings (SSSR count). The Morgan fingerprint density at radius 1 is 1.44 bits per heavy atom. The Bertz CT molecular complexity index is 362. The van der Waals surface area contributed by atoms with Gasteiger partial charge in [-0.1, -0.05) is 19.8 Å². The van der Waals surface area contributed by atoms with Crippen molar-refractivity contribution in [2.75, 3.05) is 13.2 Å². The lowest BCUT2D eigenvalue weighted by molar-refractivity contribution is -0.110. The minimum absolute atomic E-state index is 0.341. The number of hydrogen-bond donors (Lipinski definition) is 0. The number of nitrogens with zero attached hydrogens (tertiary/aromatic N) is 2. The molecule has 0 unspecified atom stereocenters. The maximum absolute atomic E-state index is 5.32. The molecule has 2 aliphatic rings. The molecule has 0 spiro atoms. The van der Waals surface area contributed by atoms with Gasteiger partial charge in [0.15, 0.2) is 0 Å². The molecule has 88 valence electrons. The third kappa shape index (κ3) is 1.77. The van der Waals surface area contributed by atoms with Crippen molar-refractivity contribution >= 4 is 0 Å². The summed E-state index contributed by atoms with van der Waals surface area (Å²) in [5.74, 6) is 2.02. The highest BCUT2D eigenvalue weighted by Gasteiger charge is 2.34. The van der Waals surface area contributed by atoms with E-state index in [1.807, 2.05) is 6.20 Å². The summed E-state index contributed by atoms with van der Waals surface area (Å²) in [4.78, 5) is 4.56. The van der Waals surface area contributed by atoms with Gasteiger partial charge in [-0.15, -0.1) is 0 Å². The minimum atomic E-state index is 0.341. The summed E-state index contributed by atoms with van der Waals surface area (Å²) >= 11 is 0. The maximum atomic E-state index is 5.32. The van der Waals surface area contributed by atoms with Crippen LogP contribution in [0.25, 0.3) is 0 Å². The highest BCUT2D eigenvalue weighted by atomic mass is 16.5. The summed E-state index contributed by atoms with van der Waals surface area (Å²) in [6, 6.07) is 0. The lowest BCUT2D eigenvalue weighted by Crippen LogP contribution is -2.43. The van der Waals surface area contributed by atoms with E-state index >= 15 is 0 Å². The molecule has 1 aliphatic carbocycles. The average Bonchev–Trinajstić information content (AvgIpc) is 2.83. The highest BCUT2D eigenvalue weighted by Crippen LogP contribution is 2.35. The zero-order valence-electron chi connectivity index (χ0n) is 9.98. The van der Waals surface area contributed by atoms with Crippen LogP contribution < -0.4 is 0 Å². The van der Waals surface area contributed by atoms with Gasteiger partial charge in [0.2, 0.25) is 0 Å². The van der Waals surface area contributed by atoms with Gasteiger partial charge >= 0.3 is 0 Å². The second-order valence-electron chi connectivity index (χ2n) is 5.70. The van der Waals surface area contributed by atoms with Crippen LogP contribution in [0.5, 0.6) is 0 Å². The van der Waals surface area contributed by atoms with Gasteiger partial charge in [-0.05, 0) is 12.8 Å². The SMILES string of the molecule is CC1(Cn2ccnc2C2CCCC2)COC1. The predicted octanol–water partition coefficient (Wildman–Crippen LogP) is 2.58. The molecule has 2 fully saturated rings. The molecule has 1 aromatic heterocycles. The lowest BCUT2D eigenvalue weighted by atomic mass is 9.88. The number of ether oxygens (including phenoxy) is 1. The number of aromatic nitrogens is 2. The van der Waals surface area contributed by atoms with Crippen molar-refractivity contribution in [2.45, 2.75) is 45.1 Å². The molecule has 0 radical (unpaired) electrons. The van der Waals surface area contributed by atoms with Crippen molar-refractivity contribution in [3.8, 4) is 0 Å². The van der Waals surface area contributed by atoms with Gasteiger partial charge < -0.3 is 9.30 Å². The van der Waals surface area contributed by atoms with Crippen molar-refractivity contribution < 1.29 is 4.74 Å². The molecular formula is C13H20N2O. The summed E-state index contributed by atoms with van der Waals surface area (Å²) in [7, 11) is 0. The van der Waals surface area contributed by atoms with Gasteiger partial charge in [-0.25, -0.2) is 4.98 Å². The smallest absolute Gasteiger partial charge is 0.111 e. The van der Waals surface area contributed by atoms with Gasteiger partial charge in [0.25, 0.3) is 0 Å². The van der Waals surface area contributed by atoms with Crippen LogP contribution in [-0.4, -0.2) is 22.8 Å². The first-order valence-corrected chi connectivity index (χ1v) is 6.36. The molecule has 1 aromatic rings. The summed E-state index contributed by atoms with van der Waals surface area (Å²) in [6.45, 7) is 5.17. The minimum Gasteiger partial charge on any atom is -0.380 e. The first-order valence-electron chi connectivity index (χ1n) is 6.36. The van der Waals surface area contributed by atoms with Crippen LogP contribution >= 0.6 is 0 Å². The molecule has 2 heterocycles. The topological polar surface area (TPSA) is 27.1 Å². The largest absolute Gasteiger partial charge is 0.380 e.